The molecule has 0 spiro atoms. The number of nitrogens with one attached hydrogen (secondary N) is 1. The zero-order chi connectivity index (χ0) is 21.3. The van der Waals surface area contributed by atoms with E-state index < -0.39 is 5.97 Å². The van der Waals surface area contributed by atoms with Crippen molar-refractivity contribution < 1.29 is 20.1 Å². The fourth-order valence-corrected chi connectivity index (χ4v) is 2.87. The summed E-state index contributed by atoms with van der Waals surface area (Å²) in [4.78, 5) is 11.6. The molecule has 0 atom stereocenters. The van der Waals surface area contributed by atoms with Crippen LogP contribution >= 0.6 is 0 Å². The van der Waals surface area contributed by atoms with Crippen molar-refractivity contribution in [1.29, 1.82) is 0 Å². The summed E-state index contributed by atoms with van der Waals surface area (Å²) in [5.41, 5.74) is 0. The number of rotatable bonds is 20. The molecule has 0 amide bonds. The van der Waals surface area contributed by atoms with E-state index in [1.807, 2.05) is 0 Å². The van der Waals surface area contributed by atoms with E-state index in [2.05, 4.69) is 17.1 Å². The Balaban J connectivity index is 0. The number of carboxylic acids is 1. The topological polar surface area (TPSA) is 93.0 Å². The lowest BCUT2D eigenvalue weighted by molar-refractivity contribution is -0.136. The maximum Gasteiger partial charge on any atom is 0.303 e. The molecule has 0 unspecified atom stereocenters. The van der Waals surface area contributed by atoms with E-state index in [4.69, 9.17) is 15.3 Å². The Labute approximate surface area is 173 Å². The largest absolute Gasteiger partial charge is 0.481 e. The number of carbonyl (C=O) groups is 1. The van der Waals surface area contributed by atoms with Crippen LogP contribution in [0.15, 0.2) is 0 Å². The Morgan fingerprint density at radius 1 is 0.714 bits per heavy atom. The lowest BCUT2D eigenvalue weighted by Gasteiger charge is -2.20. The number of carboxylic acid groups (broad SMARTS) is 1. The molecule has 0 saturated carbocycles. The van der Waals surface area contributed by atoms with Gasteiger partial charge in [0.15, 0.2) is 0 Å². The molecule has 0 rings (SSSR count). The molecule has 0 saturated heterocycles. The summed E-state index contributed by atoms with van der Waals surface area (Å²) in [6.07, 6.45) is 14.8. The SMILES string of the molecule is CCC(=O)O.CCCCCCCCCCCCNCCN(CCO)CCCO. The molecule has 6 nitrogen and oxygen atoms in total. The van der Waals surface area contributed by atoms with Gasteiger partial charge in [-0.25, -0.2) is 0 Å². The maximum absolute atomic E-state index is 9.37. The van der Waals surface area contributed by atoms with Crippen LogP contribution in [-0.2, 0) is 4.79 Å². The van der Waals surface area contributed by atoms with Crippen LogP contribution in [0.3, 0.4) is 0 Å². The number of nitrogens with zero attached hydrogens (tertiary/aromatic N) is 1. The Hall–Kier alpha value is -0.690. The number of aliphatic hydroxyl groups is 2. The number of unbranched alkanes of at least 4 members (excludes halogenated alkanes) is 9. The van der Waals surface area contributed by atoms with Gasteiger partial charge in [0.2, 0.25) is 0 Å². The van der Waals surface area contributed by atoms with E-state index in [1.54, 1.807) is 6.92 Å². The van der Waals surface area contributed by atoms with E-state index in [0.717, 1.165) is 32.6 Å². The van der Waals surface area contributed by atoms with Crippen LogP contribution in [0.25, 0.3) is 0 Å². The first-order valence-electron chi connectivity index (χ1n) is 11.5. The first-order valence-corrected chi connectivity index (χ1v) is 11.5. The van der Waals surface area contributed by atoms with E-state index in [-0.39, 0.29) is 19.6 Å². The van der Waals surface area contributed by atoms with Gasteiger partial charge in [0.05, 0.1) is 6.61 Å². The quantitative estimate of drug-likeness (QED) is 0.231. The summed E-state index contributed by atoms with van der Waals surface area (Å²) in [7, 11) is 0. The fourth-order valence-electron chi connectivity index (χ4n) is 2.87. The lowest BCUT2D eigenvalue weighted by atomic mass is 10.1. The minimum atomic E-state index is -0.745. The third-order valence-corrected chi connectivity index (χ3v) is 4.66. The van der Waals surface area contributed by atoms with Crippen molar-refractivity contribution in [3.05, 3.63) is 0 Å². The van der Waals surface area contributed by atoms with Crippen LogP contribution in [0.2, 0.25) is 0 Å². The highest BCUT2D eigenvalue weighted by atomic mass is 16.4. The maximum atomic E-state index is 9.37. The van der Waals surface area contributed by atoms with Gasteiger partial charge in [0.1, 0.15) is 0 Å². The van der Waals surface area contributed by atoms with Crippen LogP contribution in [0.5, 0.6) is 0 Å². The Morgan fingerprint density at radius 2 is 1.25 bits per heavy atom. The van der Waals surface area contributed by atoms with Gasteiger partial charge in [0, 0.05) is 39.2 Å². The molecule has 6 heteroatoms. The fraction of sp³-hybridized carbons (Fsp3) is 0.955. The third-order valence-electron chi connectivity index (χ3n) is 4.66. The molecule has 0 aromatic rings. The van der Waals surface area contributed by atoms with Crippen molar-refractivity contribution >= 4 is 5.97 Å². The van der Waals surface area contributed by atoms with E-state index in [1.165, 1.54) is 64.2 Å². The molecule has 28 heavy (non-hydrogen) atoms. The van der Waals surface area contributed by atoms with Gasteiger partial charge in [-0.05, 0) is 19.4 Å². The summed E-state index contributed by atoms with van der Waals surface area (Å²) >= 11 is 0. The number of aliphatic hydroxyl groups excluding tert-OH is 2. The van der Waals surface area contributed by atoms with Crippen molar-refractivity contribution in [2.24, 2.45) is 0 Å². The number of hydrogen-bond acceptors (Lipinski definition) is 5. The second kappa shape index (κ2) is 26.3. The van der Waals surface area contributed by atoms with Crippen molar-refractivity contribution in [3.8, 4) is 0 Å². The van der Waals surface area contributed by atoms with E-state index in [9.17, 15) is 4.79 Å². The van der Waals surface area contributed by atoms with E-state index in [0.29, 0.717) is 6.54 Å². The average Bonchev–Trinajstić information content (AvgIpc) is 2.69. The van der Waals surface area contributed by atoms with Gasteiger partial charge in [-0.15, -0.1) is 0 Å². The van der Waals surface area contributed by atoms with Gasteiger partial charge in [-0.2, -0.15) is 0 Å². The van der Waals surface area contributed by atoms with Crippen LogP contribution < -0.4 is 5.32 Å². The van der Waals surface area contributed by atoms with Gasteiger partial charge >= 0.3 is 5.97 Å². The molecule has 170 valence electrons. The van der Waals surface area contributed by atoms with Gasteiger partial charge < -0.3 is 20.6 Å². The molecule has 4 N–H and O–H groups in total. The second-order valence-corrected chi connectivity index (χ2v) is 7.32. The minimum absolute atomic E-state index is 0.198. The molecule has 0 aliphatic carbocycles. The van der Waals surface area contributed by atoms with Crippen LogP contribution in [0.4, 0.5) is 0 Å². The molecular weight excluding hydrogens is 356 g/mol. The summed E-state index contributed by atoms with van der Waals surface area (Å²) in [6, 6.07) is 0. The Bertz CT molecular complexity index is 304. The van der Waals surface area contributed by atoms with Crippen LogP contribution in [0.1, 0.15) is 90.9 Å². The zero-order valence-corrected chi connectivity index (χ0v) is 18.6. The monoisotopic (exact) mass is 404 g/mol. The molecule has 0 aromatic heterocycles. The summed E-state index contributed by atoms with van der Waals surface area (Å²) < 4.78 is 0. The molecule has 0 bridgehead atoms. The Morgan fingerprint density at radius 3 is 1.71 bits per heavy atom. The van der Waals surface area contributed by atoms with E-state index >= 15 is 0 Å². The van der Waals surface area contributed by atoms with Crippen molar-refractivity contribution in [3.63, 3.8) is 0 Å². The van der Waals surface area contributed by atoms with Crippen LogP contribution in [0, 0.1) is 0 Å². The van der Waals surface area contributed by atoms with Crippen molar-refractivity contribution in [2.75, 3.05) is 45.9 Å². The molecule has 0 aliphatic heterocycles. The molecule has 0 fully saturated rings. The normalized spacial score (nSPS) is 10.8. The van der Waals surface area contributed by atoms with Crippen molar-refractivity contribution in [1.82, 2.24) is 10.2 Å². The molecule has 0 radical (unpaired) electrons. The summed E-state index contributed by atoms with van der Waals surface area (Å²) in [6.45, 7) is 8.91. The highest BCUT2D eigenvalue weighted by molar-refractivity contribution is 5.66. The molecule has 0 aromatic carbocycles. The second-order valence-electron chi connectivity index (χ2n) is 7.32. The summed E-state index contributed by atoms with van der Waals surface area (Å²) in [5.74, 6) is -0.745. The highest BCUT2D eigenvalue weighted by Crippen LogP contribution is 2.10. The first-order chi connectivity index (χ1) is 13.6. The zero-order valence-electron chi connectivity index (χ0n) is 18.6. The number of hydrogen-bond donors (Lipinski definition) is 4. The standard InChI is InChI=1S/C19H42N2O2.C3H6O2/c1-2-3-4-5-6-7-8-9-10-11-13-20-14-16-21(17-19-23)15-12-18-22;1-2-3(4)5/h20,22-23H,2-19H2,1H3;2H2,1H3,(H,4,5). The highest BCUT2D eigenvalue weighted by Gasteiger charge is 2.02. The smallest absolute Gasteiger partial charge is 0.303 e. The molecule has 0 heterocycles. The lowest BCUT2D eigenvalue weighted by Crippen LogP contribution is -2.35. The van der Waals surface area contributed by atoms with Crippen LogP contribution in [-0.4, -0.2) is 72.1 Å². The average molecular weight is 405 g/mol. The molecule has 0 aliphatic rings. The van der Waals surface area contributed by atoms with Gasteiger partial charge in [0.25, 0.3) is 0 Å². The first kappa shape index (κ1) is 29.5. The van der Waals surface area contributed by atoms with Gasteiger partial charge in [-0.3, -0.25) is 9.69 Å². The van der Waals surface area contributed by atoms with Crippen molar-refractivity contribution in [2.45, 2.75) is 90.9 Å². The predicted molar refractivity (Wildman–Crippen MR) is 118 cm³/mol. The molecular formula is C22H48N2O4. The third kappa shape index (κ3) is 27.5. The minimum Gasteiger partial charge on any atom is -0.481 e. The van der Waals surface area contributed by atoms with Gasteiger partial charge in [-0.1, -0.05) is 71.6 Å². The Kier molecular flexibility index (Phi) is 27.7. The number of aliphatic carboxylic acids is 1. The summed E-state index contributed by atoms with van der Waals surface area (Å²) in [5, 5.41) is 29.1. The predicted octanol–water partition coefficient (Wildman–Crippen LogP) is 3.65.